The van der Waals surface area contributed by atoms with Crippen molar-refractivity contribution in [2.24, 2.45) is 5.92 Å². The average molecular weight is 318 g/mol. The highest BCUT2D eigenvalue weighted by Crippen LogP contribution is 2.42. The van der Waals surface area contributed by atoms with Crippen LogP contribution in [0.25, 0.3) is 5.65 Å². The van der Waals surface area contributed by atoms with Crippen LogP contribution in [0, 0.1) is 12.8 Å². The zero-order chi connectivity index (χ0) is 15.2. The largest absolute Gasteiger partial charge is 0.391 e. The lowest BCUT2D eigenvalue weighted by atomic mass is 9.80. The monoisotopic (exact) mass is 317 g/mol. The van der Waals surface area contributed by atoms with Crippen LogP contribution in [0.5, 0.6) is 0 Å². The summed E-state index contributed by atoms with van der Waals surface area (Å²) in [6.07, 6.45) is -2.73. The molecule has 3 rings (SSSR count). The molecule has 21 heavy (non-hydrogen) atoms. The van der Waals surface area contributed by atoms with Crippen LogP contribution in [-0.2, 0) is 0 Å². The lowest BCUT2D eigenvalue weighted by molar-refractivity contribution is -0.182. The van der Waals surface area contributed by atoms with Crippen LogP contribution >= 0.6 is 11.6 Å². The van der Waals surface area contributed by atoms with E-state index in [1.165, 1.54) is 0 Å². The predicted molar refractivity (Wildman–Crippen MR) is 73.5 cm³/mol. The van der Waals surface area contributed by atoms with Crippen molar-refractivity contribution < 1.29 is 13.2 Å². The Hall–Kier alpha value is -1.30. The Labute approximate surface area is 125 Å². The molecule has 0 spiro atoms. The maximum absolute atomic E-state index is 12.7. The number of aromatic nitrogens is 3. The first kappa shape index (κ1) is 14.6. The molecule has 2 aromatic rings. The number of hydrogen-bond acceptors (Lipinski definition) is 2. The number of nitrogens with zero attached hydrogens (tertiary/aromatic N) is 3. The molecule has 2 heterocycles. The number of fused-ring (bicyclic) bond motifs is 1. The highest BCUT2D eigenvalue weighted by Gasteiger charge is 2.41. The topological polar surface area (TPSA) is 30.2 Å². The van der Waals surface area contributed by atoms with Crippen molar-refractivity contribution in [1.29, 1.82) is 0 Å². The third-order valence-electron chi connectivity index (χ3n) is 4.14. The second kappa shape index (κ2) is 5.16. The van der Waals surface area contributed by atoms with E-state index >= 15 is 0 Å². The Bertz CT molecular complexity index is 657. The van der Waals surface area contributed by atoms with Crippen molar-refractivity contribution in [1.82, 2.24) is 14.6 Å². The smallest absolute Gasteiger partial charge is 0.234 e. The van der Waals surface area contributed by atoms with Gasteiger partial charge < -0.3 is 0 Å². The van der Waals surface area contributed by atoms with Crippen molar-refractivity contribution in [3.8, 4) is 0 Å². The van der Waals surface area contributed by atoms with E-state index in [1.807, 2.05) is 13.0 Å². The third-order valence-corrected chi connectivity index (χ3v) is 4.41. The lowest BCUT2D eigenvalue weighted by Gasteiger charge is -2.28. The predicted octanol–water partition coefficient (Wildman–Crippen LogP) is 4.53. The number of hydrogen-bond donors (Lipinski definition) is 0. The molecule has 114 valence electrons. The molecule has 1 fully saturated rings. The van der Waals surface area contributed by atoms with Crippen LogP contribution in [-0.4, -0.2) is 20.8 Å². The molecular weight excluding hydrogens is 303 g/mol. The number of rotatable bonds is 1. The third kappa shape index (κ3) is 2.86. The normalized spacial score (nSPS) is 23.7. The molecule has 7 heteroatoms. The molecule has 2 aromatic heterocycles. The van der Waals surface area contributed by atoms with Gasteiger partial charge in [0.1, 0.15) is 5.15 Å². The molecule has 0 saturated heterocycles. The van der Waals surface area contributed by atoms with E-state index < -0.39 is 12.1 Å². The SMILES string of the molecule is Cc1cc(Cl)n2nc([C@H]3CC[C@H](C(F)(F)F)CC3)cc2n1. The zero-order valence-corrected chi connectivity index (χ0v) is 12.2. The van der Waals surface area contributed by atoms with E-state index in [4.69, 9.17) is 11.6 Å². The van der Waals surface area contributed by atoms with Gasteiger partial charge in [0.15, 0.2) is 5.65 Å². The van der Waals surface area contributed by atoms with Crippen LogP contribution in [0.15, 0.2) is 12.1 Å². The molecule has 0 amide bonds. The van der Waals surface area contributed by atoms with Gasteiger partial charge in [-0.05, 0) is 38.7 Å². The van der Waals surface area contributed by atoms with Crippen LogP contribution in [0.1, 0.15) is 43.0 Å². The van der Waals surface area contributed by atoms with Gasteiger partial charge in [-0.3, -0.25) is 0 Å². The van der Waals surface area contributed by atoms with Gasteiger partial charge in [-0.2, -0.15) is 18.3 Å². The minimum absolute atomic E-state index is 0.0571. The Morgan fingerprint density at radius 1 is 1.19 bits per heavy atom. The van der Waals surface area contributed by atoms with Gasteiger partial charge in [0, 0.05) is 17.7 Å². The minimum atomic E-state index is -4.08. The van der Waals surface area contributed by atoms with E-state index in [9.17, 15) is 13.2 Å². The fourth-order valence-corrected chi connectivity index (χ4v) is 3.27. The second-order valence-electron chi connectivity index (χ2n) is 5.65. The van der Waals surface area contributed by atoms with Crippen LogP contribution in [0.2, 0.25) is 5.15 Å². The summed E-state index contributed by atoms with van der Waals surface area (Å²) < 4.78 is 39.6. The Morgan fingerprint density at radius 3 is 2.48 bits per heavy atom. The van der Waals surface area contributed by atoms with Gasteiger partial charge in [-0.15, -0.1) is 0 Å². The van der Waals surface area contributed by atoms with Crippen molar-refractivity contribution in [3.63, 3.8) is 0 Å². The maximum atomic E-state index is 12.7. The van der Waals surface area contributed by atoms with Gasteiger partial charge in [0.25, 0.3) is 0 Å². The van der Waals surface area contributed by atoms with E-state index in [0.29, 0.717) is 23.6 Å². The summed E-state index contributed by atoms with van der Waals surface area (Å²) in [4.78, 5) is 4.34. The summed E-state index contributed by atoms with van der Waals surface area (Å²) in [7, 11) is 0. The first-order valence-electron chi connectivity index (χ1n) is 6.94. The summed E-state index contributed by atoms with van der Waals surface area (Å²) in [6.45, 7) is 1.84. The minimum Gasteiger partial charge on any atom is -0.234 e. The molecule has 0 radical (unpaired) electrons. The van der Waals surface area contributed by atoms with Crippen molar-refractivity contribution in [2.75, 3.05) is 0 Å². The molecule has 1 saturated carbocycles. The molecule has 1 aliphatic carbocycles. The van der Waals surface area contributed by atoms with E-state index in [-0.39, 0.29) is 18.8 Å². The highest BCUT2D eigenvalue weighted by molar-refractivity contribution is 6.29. The number of halogens is 4. The molecule has 0 bridgehead atoms. The highest BCUT2D eigenvalue weighted by atomic mass is 35.5. The van der Waals surface area contributed by atoms with E-state index in [0.717, 1.165) is 11.4 Å². The number of aryl methyl sites for hydroxylation is 1. The molecule has 1 aliphatic rings. The Kier molecular flexibility index (Phi) is 3.59. The molecule has 0 unspecified atom stereocenters. The van der Waals surface area contributed by atoms with Gasteiger partial charge in [0.05, 0.1) is 11.6 Å². The molecular formula is C14H15ClF3N3. The second-order valence-corrected chi connectivity index (χ2v) is 6.04. The average Bonchev–Trinajstić information content (AvgIpc) is 2.82. The Morgan fingerprint density at radius 2 is 1.86 bits per heavy atom. The molecule has 0 aliphatic heterocycles. The van der Waals surface area contributed by atoms with Crippen LogP contribution < -0.4 is 0 Å². The van der Waals surface area contributed by atoms with E-state index in [1.54, 1.807) is 10.6 Å². The zero-order valence-electron chi connectivity index (χ0n) is 11.5. The van der Waals surface area contributed by atoms with Gasteiger partial charge in [0.2, 0.25) is 0 Å². The quantitative estimate of drug-likeness (QED) is 0.723. The molecule has 0 atom stereocenters. The summed E-state index contributed by atoms with van der Waals surface area (Å²) in [5, 5.41) is 4.87. The van der Waals surface area contributed by atoms with Crippen molar-refractivity contribution in [2.45, 2.75) is 44.7 Å². The fourth-order valence-electron chi connectivity index (χ4n) is 2.99. The maximum Gasteiger partial charge on any atom is 0.391 e. The molecule has 0 aromatic carbocycles. The van der Waals surface area contributed by atoms with Gasteiger partial charge >= 0.3 is 6.18 Å². The van der Waals surface area contributed by atoms with Gasteiger partial charge in [-0.1, -0.05) is 11.6 Å². The first-order chi connectivity index (χ1) is 9.84. The summed E-state index contributed by atoms with van der Waals surface area (Å²) in [5.74, 6) is -1.11. The van der Waals surface area contributed by atoms with Crippen molar-refractivity contribution in [3.05, 3.63) is 28.7 Å². The van der Waals surface area contributed by atoms with Gasteiger partial charge in [-0.25, -0.2) is 9.50 Å². The van der Waals surface area contributed by atoms with Crippen LogP contribution in [0.3, 0.4) is 0 Å². The van der Waals surface area contributed by atoms with E-state index in [2.05, 4.69) is 10.1 Å². The first-order valence-corrected chi connectivity index (χ1v) is 7.32. The number of alkyl halides is 3. The standard InChI is InChI=1S/C14H15ClF3N3/c1-8-6-12(15)21-13(19-8)7-11(20-21)9-2-4-10(5-3-9)14(16,17)18/h6-7,9-10H,2-5H2,1H3/t9-,10-. The molecule has 0 N–H and O–H groups in total. The fraction of sp³-hybridized carbons (Fsp3) is 0.571. The Balaban J connectivity index is 1.81. The summed E-state index contributed by atoms with van der Waals surface area (Å²) in [5.41, 5.74) is 2.23. The molecule has 3 nitrogen and oxygen atoms in total. The van der Waals surface area contributed by atoms with Crippen LogP contribution in [0.4, 0.5) is 13.2 Å². The summed E-state index contributed by atoms with van der Waals surface area (Å²) >= 11 is 6.11. The lowest BCUT2D eigenvalue weighted by Crippen LogP contribution is -2.27. The summed E-state index contributed by atoms with van der Waals surface area (Å²) in [6, 6.07) is 3.54. The van der Waals surface area contributed by atoms with Crippen molar-refractivity contribution >= 4 is 17.2 Å².